The molecule has 0 aromatic carbocycles. The van der Waals surface area contributed by atoms with Crippen LogP contribution in [-0.2, 0) is 0 Å². The number of rotatable bonds is 3. The van der Waals surface area contributed by atoms with Crippen LogP contribution in [0, 0.1) is 5.92 Å². The first kappa shape index (κ1) is 11.3. The summed E-state index contributed by atoms with van der Waals surface area (Å²) < 4.78 is 0. The van der Waals surface area contributed by atoms with Crippen molar-refractivity contribution in [2.45, 2.75) is 38.6 Å². The Morgan fingerprint density at radius 1 is 1.57 bits per heavy atom. The molecule has 0 saturated carbocycles. The zero-order chi connectivity index (χ0) is 10.8. The molecular weight excluding hydrogens is 178 g/mol. The minimum absolute atomic E-state index is 0.0971. The van der Waals surface area contributed by atoms with E-state index in [1.807, 2.05) is 13.8 Å². The second kappa shape index (κ2) is 4.17. The third-order valence-electron chi connectivity index (χ3n) is 2.79. The van der Waals surface area contributed by atoms with Gasteiger partial charge in [-0.05, 0) is 39.0 Å². The van der Waals surface area contributed by atoms with Gasteiger partial charge in [0.15, 0.2) is 0 Å². The molecule has 4 nitrogen and oxygen atoms in total. The van der Waals surface area contributed by atoms with E-state index in [0.717, 1.165) is 32.4 Å². The topological polar surface area (TPSA) is 72.3 Å². The molecule has 1 saturated heterocycles. The van der Waals surface area contributed by atoms with Crippen molar-refractivity contribution in [2.24, 2.45) is 17.4 Å². The van der Waals surface area contributed by atoms with Gasteiger partial charge in [0, 0.05) is 18.6 Å². The maximum Gasteiger partial charge on any atom is 0.314 e. The van der Waals surface area contributed by atoms with Gasteiger partial charge >= 0.3 is 6.03 Å². The van der Waals surface area contributed by atoms with Crippen LogP contribution in [-0.4, -0.2) is 29.6 Å². The molecule has 0 spiro atoms. The lowest BCUT2D eigenvalue weighted by Gasteiger charge is -2.20. The van der Waals surface area contributed by atoms with Crippen molar-refractivity contribution in [1.29, 1.82) is 0 Å². The molecule has 82 valence electrons. The molecule has 0 radical (unpaired) electrons. The number of urea groups is 1. The predicted molar refractivity (Wildman–Crippen MR) is 56.8 cm³/mol. The van der Waals surface area contributed by atoms with E-state index < -0.39 is 0 Å². The monoisotopic (exact) mass is 199 g/mol. The van der Waals surface area contributed by atoms with E-state index >= 15 is 0 Å². The summed E-state index contributed by atoms with van der Waals surface area (Å²) >= 11 is 0. The first-order chi connectivity index (χ1) is 6.38. The first-order valence-electron chi connectivity index (χ1n) is 5.22. The molecule has 4 heteroatoms. The molecule has 0 bridgehead atoms. The van der Waals surface area contributed by atoms with E-state index in [1.54, 1.807) is 4.90 Å². The molecule has 1 aliphatic rings. The number of hydrogen-bond donors (Lipinski definition) is 2. The molecule has 1 heterocycles. The normalized spacial score (nSPS) is 22.8. The maximum absolute atomic E-state index is 10.9. The molecule has 14 heavy (non-hydrogen) atoms. The third kappa shape index (κ3) is 3.54. The van der Waals surface area contributed by atoms with Crippen LogP contribution in [0.1, 0.15) is 33.1 Å². The summed E-state index contributed by atoms with van der Waals surface area (Å²) in [6.45, 7) is 5.69. The fourth-order valence-corrected chi connectivity index (χ4v) is 1.84. The van der Waals surface area contributed by atoms with E-state index in [0.29, 0.717) is 5.92 Å². The summed E-state index contributed by atoms with van der Waals surface area (Å²) in [5.74, 6) is 0.588. The second-order valence-corrected chi connectivity index (χ2v) is 4.97. The van der Waals surface area contributed by atoms with Crippen molar-refractivity contribution in [3.8, 4) is 0 Å². The van der Waals surface area contributed by atoms with Crippen molar-refractivity contribution < 1.29 is 4.79 Å². The van der Waals surface area contributed by atoms with Crippen molar-refractivity contribution in [1.82, 2.24) is 4.90 Å². The average Bonchev–Trinajstić information content (AvgIpc) is 2.47. The summed E-state index contributed by atoms with van der Waals surface area (Å²) in [6, 6.07) is -0.292. The van der Waals surface area contributed by atoms with Gasteiger partial charge in [-0.15, -0.1) is 0 Å². The Bertz CT molecular complexity index is 210. The number of amides is 2. The van der Waals surface area contributed by atoms with Crippen LogP contribution < -0.4 is 11.5 Å². The van der Waals surface area contributed by atoms with Gasteiger partial charge in [-0.2, -0.15) is 0 Å². The highest BCUT2D eigenvalue weighted by atomic mass is 16.2. The van der Waals surface area contributed by atoms with E-state index in [1.165, 1.54) is 0 Å². The largest absolute Gasteiger partial charge is 0.351 e. The van der Waals surface area contributed by atoms with Crippen LogP contribution in [0.4, 0.5) is 4.79 Å². The smallest absolute Gasteiger partial charge is 0.314 e. The average molecular weight is 199 g/mol. The summed E-state index contributed by atoms with van der Waals surface area (Å²) in [6.07, 6.45) is 3.16. The van der Waals surface area contributed by atoms with E-state index in [9.17, 15) is 4.79 Å². The highest BCUT2D eigenvalue weighted by Gasteiger charge is 2.25. The molecule has 1 aliphatic heterocycles. The minimum Gasteiger partial charge on any atom is -0.351 e. The summed E-state index contributed by atoms with van der Waals surface area (Å²) in [4.78, 5) is 12.6. The highest BCUT2D eigenvalue weighted by molar-refractivity contribution is 5.72. The molecule has 1 unspecified atom stereocenters. The number of hydrogen-bond acceptors (Lipinski definition) is 2. The quantitative estimate of drug-likeness (QED) is 0.709. The molecule has 1 atom stereocenters. The van der Waals surface area contributed by atoms with Gasteiger partial charge in [-0.25, -0.2) is 4.79 Å². The number of likely N-dealkylation sites (tertiary alicyclic amines) is 1. The number of primary amides is 1. The van der Waals surface area contributed by atoms with Gasteiger partial charge in [0.25, 0.3) is 0 Å². The molecule has 0 aliphatic carbocycles. The number of nitrogens with two attached hydrogens (primary N) is 2. The summed E-state index contributed by atoms with van der Waals surface area (Å²) in [7, 11) is 0. The lowest BCUT2D eigenvalue weighted by molar-refractivity contribution is 0.216. The summed E-state index contributed by atoms with van der Waals surface area (Å²) in [5.41, 5.74) is 11.0. The maximum atomic E-state index is 10.9. The van der Waals surface area contributed by atoms with Crippen molar-refractivity contribution in [3.63, 3.8) is 0 Å². The Balaban J connectivity index is 2.26. The van der Waals surface area contributed by atoms with Crippen LogP contribution in [0.25, 0.3) is 0 Å². The van der Waals surface area contributed by atoms with Crippen LogP contribution in [0.2, 0.25) is 0 Å². The zero-order valence-corrected chi connectivity index (χ0v) is 9.12. The lowest BCUT2D eigenvalue weighted by Crippen LogP contribution is -2.34. The van der Waals surface area contributed by atoms with Crippen LogP contribution in [0.15, 0.2) is 0 Å². The SMILES string of the molecule is CC(C)(N)CCC1CCN(C(N)=O)C1. The highest BCUT2D eigenvalue weighted by Crippen LogP contribution is 2.23. The Hall–Kier alpha value is -0.770. The van der Waals surface area contributed by atoms with Gasteiger partial charge in [0.1, 0.15) is 0 Å². The Morgan fingerprint density at radius 2 is 2.21 bits per heavy atom. The molecule has 0 aromatic heterocycles. The van der Waals surface area contributed by atoms with Gasteiger partial charge in [0.05, 0.1) is 0 Å². The van der Waals surface area contributed by atoms with Crippen LogP contribution >= 0.6 is 0 Å². The lowest BCUT2D eigenvalue weighted by atomic mass is 9.93. The van der Waals surface area contributed by atoms with Gasteiger partial charge < -0.3 is 16.4 Å². The standard InChI is InChI=1S/C10H21N3O/c1-10(2,12)5-3-8-4-6-13(7-8)9(11)14/h8H,3-7,12H2,1-2H3,(H2,11,14). The molecule has 1 rings (SSSR count). The van der Waals surface area contributed by atoms with Gasteiger partial charge in [0.2, 0.25) is 0 Å². The minimum atomic E-state index is -0.292. The van der Waals surface area contributed by atoms with Crippen molar-refractivity contribution >= 4 is 6.03 Å². The van der Waals surface area contributed by atoms with Crippen molar-refractivity contribution in [2.75, 3.05) is 13.1 Å². The molecule has 0 aromatic rings. The Labute approximate surface area is 85.6 Å². The van der Waals surface area contributed by atoms with E-state index in [4.69, 9.17) is 11.5 Å². The molecular formula is C10H21N3O. The second-order valence-electron chi connectivity index (χ2n) is 4.97. The van der Waals surface area contributed by atoms with Crippen LogP contribution in [0.3, 0.4) is 0 Å². The number of carbonyl (C=O) groups is 1. The van der Waals surface area contributed by atoms with Gasteiger partial charge in [-0.1, -0.05) is 0 Å². The fraction of sp³-hybridized carbons (Fsp3) is 0.900. The van der Waals surface area contributed by atoms with Crippen molar-refractivity contribution in [3.05, 3.63) is 0 Å². The molecule has 4 N–H and O–H groups in total. The third-order valence-corrected chi connectivity index (χ3v) is 2.79. The summed E-state index contributed by atoms with van der Waals surface area (Å²) in [5, 5.41) is 0. The fourth-order valence-electron chi connectivity index (χ4n) is 1.84. The van der Waals surface area contributed by atoms with Crippen LogP contribution in [0.5, 0.6) is 0 Å². The Kier molecular flexibility index (Phi) is 3.37. The molecule has 2 amide bonds. The molecule has 1 fully saturated rings. The number of carbonyl (C=O) groups excluding carboxylic acids is 1. The Morgan fingerprint density at radius 3 is 2.64 bits per heavy atom. The van der Waals surface area contributed by atoms with Gasteiger partial charge in [-0.3, -0.25) is 0 Å². The predicted octanol–water partition coefficient (Wildman–Crippen LogP) is 0.905. The van der Waals surface area contributed by atoms with E-state index in [2.05, 4.69) is 0 Å². The number of nitrogens with zero attached hydrogens (tertiary/aromatic N) is 1. The van der Waals surface area contributed by atoms with E-state index in [-0.39, 0.29) is 11.6 Å². The first-order valence-corrected chi connectivity index (χ1v) is 5.22. The zero-order valence-electron chi connectivity index (χ0n) is 9.12.